The Morgan fingerprint density at radius 3 is 2.75 bits per heavy atom. The van der Waals surface area contributed by atoms with Gasteiger partial charge in [0, 0.05) is 13.1 Å². The Balaban J connectivity index is 2.45. The van der Waals surface area contributed by atoms with Gasteiger partial charge in [0.1, 0.15) is 12.1 Å². The van der Waals surface area contributed by atoms with Crippen molar-refractivity contribution in [2.75, 3.05) is 33.4 Å². The van der Waals surface area contributed by atoms with Crippen LogP contribution in [0.3, 0.4) is 0 Å². The van der Waals surface area contributed by atoms with E-state index in [0.717, 1.165) is 0 Å². The molecule has 0 aromatic heterocycles. The lowest BCUT2D eigenvalue weighted by atomic mass is 10.1. The van der Waals surface area contributed by atoms with E-state index in [2.05, 4.69) is 10.2 Å². The molecule has 20 heavy (non-hydrogen) atoms. The fraction of sp³-hybridized carbons (Fsp3) is 0.846. The Morgan fingerprint density at radius 1 is 1.45 bits per heavy atom. The van der Waals surface area contributed by atoms with Crippen LogP contribution in [0, 0.1) is 0 Å². The van der Waals surface area contributed by atoms with Gasteiger partial charge in [0.05, 0.1) is 19.8 Å². The van der Waals surface area contributed by atoms with Gasteiger partial charge in [0.25, 0.3) is 0 Å². The van der Waals surface area contributed by atoms with Gasteiger partial charge in [-0.05, 0) is 27.2 Å². The van der Waals surface area contributed by atoms with E-state index in [1.54, 1.807) is 20.8 Å². The van der Waals surface area contributed by atoms with Gasteiger partial charge in [-0.1, -0.05) is 0 Å². The molecule has 7 nitrogen and oxygen atoms in total. The first-order valence-corrected chi connectivity index (χ1v) is 6.73. The summed E-state index contributed by atoms with van der Waals surface area (Å²) >= 11 is 0. The molecule has 1 rings (SSSR count). The smallest absolute Gasteiger partial charge is 0.326 e. The molecule has 116 valence electrons. The zero-order valence-electron chi connectivity index (χ0n) is 12.6. The normalized spacial score (nSPS) is 20.1. The van der Waals surface area contributed by atoms with Gasteiger partial charge in [-0.2, -0.15) is 0 Å². The number of piperazine rings is 1. The molecule has 0 saturated carbocycles. The zero-order chi connectivity index (χ0) is 15.2. The molecule has 1 N–H and O–H groups in total. The maximum Gasteiger partial charge on any atom is 0.326 e. The summed E-state index contributed by atoms with van der Waals surface area (Å²) in [5, 5.41) is 3.10. The zero-order valence-corrected chi connectivity index (χ0v) is 12.6. The molecular weight excluding hydrogens is 264 g/mol. The molecule has 0 aromatic carbocycles. The van der Waals surface area contributed by atoms with Crippen LogP contribution in [-0.4, -0.2) is 61.8 Å². The number of ether oxygens (including phenoxy) is 1. The molecule has 1 saturated heterocycles. The van der Waals surface area contributed by atoms with E-state index in [9.17, 15) is 9.59 Å². The van der Waals surface area contributed by atoms with E-state index in [0.29, 0.717) is 26.1 Å². The van der Waals surface area contributed by atoms with Gasteiger partial charge in [-0.15, -0.1) is 0 Å². The number of carbonyl (C=O) groups is 2. The van der Waals surface area contributed by atoms with E-state index in [1.807, 2.05) is 0 Å². The average Bonchev–Trinajstić information content (AvgIpc) is 2.31. The van der Waals surface area contributed by atoms with Gasteiger partial charge in [0.2, 0.25) is 5.91 Å². The summed E-state index contributed by atoms with van der Waals surface area (Å²) in [7, 11) is 1.42. The van der Waals surface area contributed by atoms with Crippen LogP contribution < -0.4 is 5.32 Å². The van der Waals surface area contributed by atoms with E-state index >= 15 is 0 Å². The quantitative estimate of drug-likeness (QED) is 0.323. The van der Waals surface area contributed by atoms with E-state index in [1.165, 1.54) is 12.0 Å². The maximum absolute atomic E-state index is 12.2. The second-order valence-corrected chi connectivity index (χ2v) is 5.63. The summed E-state index contributed by atoms with van der Waals surface area (Å²) in [6, 6.07) is -0.346. The molecular formula is C13H24N2O5. The van der Waals surface area contributed by atoms with Crippen LogP contribution in [0.25, 0.3) is 0 Å². The van der Waals surface area contributed by atoms with Crippen LogP contribution in [0.5, 0.6) is 0 Å². The molecule has 7 heteroatoms. The summed E-state index contributed by atoms with van der Waals surface area (Å²) in [5.41, 5.74) is -0.542. The summed E-state index contributed by atoms with van der Waals surface area (Å²) < 4.78 is 5.22. The number of rotatable bonds is 6. The Morgan fingerprint density at radius 2 is 2.15 bits per heavy atom. The fourth-order valence-corrected chi connectivity index (χ4v) is 1.95. The number of hydrogen-bond acceptors (Lipinski definition) is 6. The second-order valence-electron chi connectivity index (χ2n) is 5.63. The van der Waals surface area contributed by atoms with Crippen molar-refractivity contribution < 1.29 is 24.1 Å². The van der Waals surface area contributed by atoms with Crippen LogP contribution in [0.15, 0.2) is 0 Å². The lowest BCUT2D eigenvalue weighted by Crippen LogP contribution is -2.56. The van der Waals surface area contributed by atoms with Crippen molar-refractivity contribution in [3.63, 3.8) is 0 Å². The largest absolute Gasteiger partial charge is 0.459 e. The third kappa shape index (κ3) is 5.85. The number of amides is 1. The van der Waals surface area contributed by atoms with Gasteiger partial charge in [-0.3, -0.25) is 9.59 Å². The molecule has 0 aliphatic carbocycles. The van der Waals surface area contributed by atoms with Gasteiger partial charge in [0.15, 0.2) is 0 Å². The van der Waals surface area contributed by atoms with Crippen LogP contribution in [0.1, 0.15) is 27.2 Å². The molecule has 0 bridgehead atoms. The molecule has 1 heterocycles. The number of esters is 1. The van der Waals surface area contributed by atoms with Gasteiger partial charge < -0.3 is 15.0 Å². The summed E-state index contributed by atoms with van der Waals surface area (Å²) in [4.78, 5) is 34.7. The average molecular weight is 288 g/mol. The molecule has 0 radical (unpaired) electrons. The first-order valence-electron chi connectivity index (χ1n) is 6.73. The van der Waals surface area contributed by atoms with Crippen molar-refractivity contribution >= 4 is 11.9 Å². The van der Waals surface area contributed by atoms with Crippen LogP contribution >= 0.6 is 0 Å². The molecule has 1 aliphatic heterocycles. The van der Waals surface area contributed by atoms with Crippen molar-refractivity contribution in [2.24, 2.45) is 0 Å². The molecule has 0 aromatic rings. The molecule has 1 fully saturated rings. The van der Waals surface area contributed by atoms with Crippen molar-refractivity contribution in [3.05, 3.63) is 0 Å². The Bertz CT molecular complexity index is 340. The number of nitrogens with one attached hydrogen (secondary N) is 1. The van der Waals surface area contributed by atoms with Crippen LogP contribution in [-0.2, 0) is 24.1 Å². The summed E-state index contributed by atoms with van der Waals surface area (Å²) in [5.74, 6) is -0.499. The molecule has 1 aliphatic rings. The van der Waals surface area contributed by atoms with E-state index < -0.39 is 5.60 Å². The first-order chi connectivity index (χ1) is 9.33. The maximum atomic E-state index is 12.2. The Kier molecular flexibility index (Phi) is 6.38. The minimum atomic E-state index is -0.542. The van der Waals surface area contributed by atoms with Crippen LogP contribution in [0.2, 0.25) is 0 Å². The van der Waals surface area contributed by atoms with E-state index in [4.69, 9.17) is 9.62 Å². The van der Waals surface area contributed by atoms with Gasteiger partial charge >= 0.3 is 5.97 Å². The third-order valence-electron chi connectivity index (χ3n) is 2.73. The van der Waals surface area contributed by atoms with Crippen molar-refractivity contribution in [1.29, 1.82) is 0 Å². The predicted octanol–water partition coefficient (Wildman–Crippen LogP) is 0.0966. The molecule has 1 atom stereocenters. The second kappa shape index (κ2) is 7.56. The number of carbonyl (C=O) groups excluding carboxylic acids is 2. The topological polar surface area (TPSA) is 77.1 Å². The fourth-order valence-electron chi connectivity index (χ4n) is 1.95. The third-order valence-corrected chi connectivity index (χ3v) is 2.73. The highest BCUT2D eigenvalue weighted by Crippen LogP contribution is 2.10. The Labute approximate surface area is 119 Å². The molecule has 0 spiro atoms. The number of hydrogen-bond donors (Lipinski definition) is 1. The Hall–Kier alpha value is -1.18. The highest BCUT2D eigenvalue weighted by Gasteiger charge is 2.30. The minimum absolute atomic E-state index is 0.0145. The van der Waals surface area contributed by atoms with E-state index in [-0.39, 0.29) is 24.5 Å². The summed E-state index contributed by atoms with van der Waals surface area (Å²) in [6.45, 7) is 6.85. The van der Waals surface area contributed by atoms with Crippen molar-refractivity contribution in [1.82, 2.24) is 10.2 Å². The highest BCUT2D eigenvalue weighted by molar-refractivity contribution is 5.86. The highest BCUT2D eigenvalue weighted by atomic mass is 17.2. The lowest BCUT2D eigenvalue weighted by Gasteiger charge is -2.33. The predicted molar refractivity (Wildman–Crippen MR) is 71.8 cm³/mol. The van der Waals surface area contributed by atoms with Crippen molar-refractivity contribution in [2.45, 2.75) is 38.8 Å². The lowest BCUT2D eigenvalue weighted by molar-refractivity contribution is -0.273. The van der Waals surface area contributed by atoms with Gasteiger partial charge in [-0.25, -0.2) is 9.78 Å². The monoisotopic (exact) mass is 288 g/mol. The molecule has 0 unspecified atom stereocenters. The van der Waals surface area contributed by atoms with Crippen LogP contribution in [0.4, 0.5) is 0 Å². The summed E-state index contributed by atoms with van der Waals surface area (Å²) in [6.07, 6.45) is 0.498. The standard InChI is InChI=1S/C13H24N2O5/c1-13(2,3)20-11(16)9-15-7-6-14-10(12(15)17)5-8-19-18-4/h10,14H,5-9H2,1-4H3/t10-/m0/s1. The first kappa shape index (κ1) is 16.9. The van der Waals surface area contributed by atoms with Crippen molar-refractivity contribution in [3.8, 4) is 0 Å². The molecule has 1 amide bonds. The number of nitrogens with zero attached hydrogens (tertiary/aromatic N) is 1. The SMILES string of the molecule is COOCC[C@@H]1NCCN(CC(=O)OC(C)(C)C)C1=O. The minimum Gasteiger partial charge on any atom is -0.459 e.